The number of methoxy groups -OCH3 is 1. The lowest BCUT2D eigenvalue weighted by Gasteiger charge is -2.30. The molecule has 0 aromatic rings. The average Bonchev–Trinajstić information content (AvgIpc) is 2.24. The Morgan fingerprint density at radius 3 is 2.94 bits per heavy atom. The molecule has 96 valence electrons. The smallest absolute Gasteiger partial charge is 0.303 e. The van der Waals surface area contributed by atoms with Gasteiger partial charge in [-0.3, -0.25) is 4.79 Å². The molecule has 0 fully saturated rings. The zero-order chi connectivity index (χ0) is 12.9. The molecule has 0 bridgehead atoms. The molecule has 0 saturated carbocycles. The molecule has 2 atom stereocenters. The standard InChI is InChI=1S/C11H14F2O4/c1-16-9-5-4-8(12)7-11(9,13)17-6-2-3-10(14)15/h4-5,7,9H,2-3,6H2,1H3,(H,14,15). The molecule has 17 heavy (non-hydrogen) atoms. The van der Waals surface area contributed by atoms with Crippen molar-refractivity contribution in [2.75, 3.05) is 13.7 Å². The van der Waals surface area contributed by atoms with Crippen LogP contribution in [0.1, 0.15) is 12.8 Å². The Labute approximate surface area is 97.5 Å². The van der Waals surface area contributed by atoms with Gasteiger partial charge in [0.15, 0.2) is 0 Å². The second-order valence-corrected chi connectivity index (χ2v) is 3.59. The minimum Gasteiger partial charge on any atom is -0.481 e. The summed E-state index contributed by atoms with van der Waals surface area (Å²) in [5, 5.41) is 8.40. The second kappa shape index (κ2) is 5.88. The minimum atomic E-state index is -2.38. The summed E-state index contributed by atoms with van der Waals surface area (Å²) in [5.41, 5.74) is 0. The molecule has 0 aromatic carbocycles. The highest BCUT2D eigenvalue weighted by Gasteiger charge is 2.39. The van der Waals surface area contributed by atoms with Gasteiger partial charge in [-0.15, -0.1) is 0 Å². The fraction of sp³-hybridized carbons (Fsp3) is 0.545. The molecule has 0 spiro atoms. The van der Waals surface area contributed by atoms with Crippen molar-refractivity contribution in [3.63, 3.8) is 0 Å². The number of aliphatic carboxylic acids is 1. The zero-order valence-electron chi connectivity index (χ0n) is 9.36. The molecule has 1 N–H and O–H groups in total. The average molecular weight is 248 g/mol. The van der Waals surface area contributed by atoms with Gasteiger partial charge >= 0.3 is 5.97 Å². The molecule has 0 radical (unpaired) electrons. The van der Waals surface area contributed by atoms with Gasteiger partial charge < -0.3 is 14.6 Å². The van der Waals surface area contributed by atoms with E-state index < -0.39 is 23.8 Å². The molecule has 0 heterocycles. The van der Waals surface area contributed by atoms with Crippen LogP contribution in [0, 0.1) is 0 Å². The van der Waals surface area contributed by atoms with Crippen LogP contribution in [-0.2, 0) is 14.3 Å². The number of halogens is 2. The summed E-state index contributed by atoms with van der Waals surface area (Å²) in [6, 6.07) is 0. The Bertz CT molecular complexity index is 340. The van der Waals surface area contributed by atoms with Crippen molar-refractivity contribution in [3.05, 3.63) is 24.1 Å². The summed E-state index contributed by atoms with van der Waals surface area (Å²) in [7, 11) is 1.28. The van der Waals surface area contributed by atoms with Crippen molar-refractivity contribution >= 4 is 5.97 Å². The van der Waals surface area contributed by atoms with Crippen molar-refractivity contribution in [2.45, 2.75) is 24.8 Å². The molecule has 0 aromatic heterocycles. The number of ether oxygens (including phenoxy) is 2. The predicted octanol–water partition coefficient (Wildman–Crippen LogP) is 1.97. The van der Waals surface area contributed by atoms with Gasteiger partial charge in [0.25, 0.3) is 5.85 Å². The fourth-order valence-electron chi connectivity index (χ4n) is 1.44. The zero-order valence-corrected chi connectivity index (χ0v) is 9.36. The van der Waals surface area contributed by atoms with E-state index in [1.165, 1.54) is 13.2 Å². The van der Waals surface area contributed by atoms with E-state index in [0.29, 0.717) is 6.08 Å². The number of carboxylic acids is 1. The van der Waals surface area contributed by atoms with Crippen LogP contribution in [0.4, 0.5) is 8.78 Å². The summed E-state index contributed by atoms with van der Waals surface area (Å²) < 4.78 is 36.8. The highest BCUT2D eigenvalue weighted by Crippen LogP contribution is 2.30. The molecule has 0 saturated heterocycles. The molecular formula is C11H14F2O4. The maximum atomic E-state index is 14.1. The van der Waals surface area contributed by atoms with Gasteiger partial charge in [0, 0.05) is 19.6 Å². The van der Waals surface area contributed by atoms with E-state index in [4.69, 9.17) is 14.6 Å². The molecule has 0 aliphatic heterocycles. The van der Waals surface area contributed by atoms with Crippen LogP contribution >= 0.6 is 0 Å². The quantitative estimate of drug-likeness (QED) is 0.730. The number of carboxylic acid groups (broad SMARTS) is 1. The lowest BCUT2D eigenvalue weighted by Crippen LogP contribution is -2.41. The first-order valence-corrected chi connectivity index (χ1v) is 5.12. The Balaban J connectivity index is 2.53. The highest BCUT2D eigenvalue weighted by molar-refractivity contribution is 5.66. The second-order valence-electron chi connectivity index (χ2n) is 3.59. The lowest BCUT2D eigenvalue weighted by molar-refractivity contribution is -0.171. The first kappa shape index (κ1) is 13.8. The Morgan fingerprint density at radius 1 is 1.65 bits per heavy atom. The van der Waals surface area contributed by atoms with Crippen molar-refractivity contribution < 1.29 is 28.2 Å². The number of hydrogen-bond donors (Lipinski definition) is 1. The van der Waals surface area contributed by atoms with E-state index in [1.807, 2.05) is 0 Å². The summed E-state index contributed by atoms with van der Waals surface area (Å²) in [4.78, 5) is 10.2. The molecule has 0 amide bonds. The number of allylic oxidation sites excluding steroid dienone is 2. The highest BCUT2D eigenvalue weighted by atomic mass is 19.2. The summed E-state index contributed by atoms with van der Waals surface area (Å²) in [6.45, 7) is -0.125. The van der Waals surface area contributed by atoms with E-state index in [1.54, 1.807) is 0 Å². The monoisotopic (exact) mass is 248 g/mol. The van der Waals surface area contributed by atoms with Crippen LogP contribution in [0.2, 0.25) is 0 Å². The molecule has 1 rings (SSSR count). The van der Waals surface area contributed by atoms with Gasteiger partial charge in [0.2, 0.25) is 0 Å². The van der Waals surface area contributed by atoms with Crippen LogP contribution in [0.15, 0.2) is 24.1 Å². The normalized spacial score (nSPS) is 27.9. The topological polar surface area (TPSA) is 55.8 Å². The maximum Gasteiger partial charge on any atom is 0.303 e. The van der Waals surface area contributed by atoms with Crippen LogP contribution in [0.3, 0.4) is 0 Å². The van der Waals surface area contributed by atoms with E-state index in [9.17, 15) is 13.6 Å². The molecular weight excluding hydrogens is 234 g/mol. The number of carbonyl (C=O) groups is 1. The van der Waals surface area contributed by atoms with Gasteiger partial charge in [-0.25, -0.2) is 8.78 Å². The SMILES string of the molecule is COC1C=CC(F)=CC1(F)OCCCC(=O)O. The number of hydrogen-bond acceptors (Lipinski definition) is 3. The number of rotatable bonds is 6. The summed E-state index contributed by atoms with van der Waals surface area (Å²) >= 11 is 0. The van der Waals surface area contributed by atoms with Gasteiger partial charge in [0.05, 0.1) is 6.61 Å². The predicted molar refractivity (Wildman–Crippen MR) is 55.8 cm³/mol. The van der Waals surface area contributed by atoms with Crippen LogP contribution in [-0.4, -0.2) is 36.8 Å². The summed E-state index contributed by atoms with van der Waals surface area (Å²) in [5.74, 6) is -4.12. The van der Waals surface area contributed by atoms with Crippen molar-refractivity contribution in [1.82, 2.24) is 0 Å². The Hall–Kier alpha value is -1.27. The lowest BCUT2D eigenvalue weighted by atomic mass is 10.1. The van der Waals surface area contributed by atoms with Crippen molar-refractivity contribution in [1.29, 1.82) is 0 Å². The van der Waals surface area contributed by atoms with E-state index in [0.717, 1.165) is 6.08 Å². The maximum absolute atomic E-state index is 14.1. The first-order chi connectivity index (χ1) is 7.98. The number of alkyl halides is 1. The molecule has 2 unspecified atom stereocenters. The van der Waals surface area contributed by atoms with Gasteiger partial charge in [0.1, 0.15) is 11.9 Å². The molecule has 1 aliphatic rings. The van der Waals surface area contributed by atoms with Gasteiger partial charge in [-0.2, -0.15) is 0 Å². The molecule has 1 aliphatic carbocycles. The largest absolute Gasteiger partial charge is 0.481 e. The van der Waals surface area contributed by atoms with Gasteiger partial charge in [-0.05, 0) is 18.6 Å². The van der Waals surface area contributed by atoms with E-state index in [-0.39, 0.29) is 19.4 Å². The molecule has 6 heteroatoms. The van der Waals surface area contributed by atoms with E-state index >= 15 is 0 Å². The Morgan fingerprint density at radius 2 is 2.35 bits per heavy atom. The Kier molecular flexibility index (Phi) is 4.77. The molecule has 4 nitrogen and oxygen atoms in total. The van der Waals surface area contributed by atoms with Crippen molar-refractivity contribution in [2.24, 2.45) is 0 Å². The first-order valence-electron chi connectivity index (χ1n) is 5.12. The van der Waals surface area contributed by atoms with Crippen LogP contribution < -0.4 is 0 Å². The van der Waals surface area contributed by atoms with Crippen LogP contribution in [0.5, 0.6) is 0 Å². The third-order valence-corrected chi connectivity index (χ3v) is 2.27. The third-order valence-electron chi connectivity index (χ3n) is 2.27. The summed E-state index contributed by atoms with van der Waals surface area (Å²) in [6.07, 6.45) is 1.97. The van der Waals surface area contributed by atoms with Crippen molar-refractivity contribution in [3.8, 4) is 0 Å². The van der Waals surface area contributed by atoms with Gasteiger partial charge in [-0.1, -0.05) is 0 Å². The third kappa shape index (κ3) is 3.90. The van der Waals surface area contributed by atoms with Crippen LogP contribution in [0.25, 0.3) is 0 Å². The van der Waals surface area contributed by atoms with E-state index in [2.05, 4.69) is 0 Å². The fourth-order valence-corrected chi connectivity index (χ4v) is 1.44. The minimum absolute atomic E-state index is 0.125.